The molecular formula is C18H17N5O5S. The van der Waals surface area contributed by atoms with Crippen molar-refractivity contribution < 1.29 is 18.1 Å². The summed E-state index contributed by atoms with van der Waals surface area (Å²) in [6, 6.07) is 10.1. The van der Waals surface area contributed by atoms with Crippen LogP contribution in [0.5, 0.6) is 0 Å². The number of rotatable bonds is 4. The van der Waals surface area contributed by atoms with Crippen LogP contribution in [0.25, 0.3) is 10.9 Å². The van der Waals surface area contributed by atoms with Gasteiger partial charge in [0.2, 0.25) is 10.0 Å². The van der Waals surface area contributed by atoms with Crippen LogP contribution in [-0.2, 0) is 10.0 Å². The summed E-state index contributed by atoms with van der Waals surface area (Å²) < 4.78 is 26.9. The number of para-hydroxylation sites is 1. The lowest BCUT2D eigenvalue weighted by Crippen LogP contribution is -2.50. The van der Waals surface area contributed by atoms with Gasteiger partial charge in [-0.1, -0.05) is 12.1 Å². The summed E-state index contributed by atoms with van der Waals surface area (Å²) in [6.45, 7) is 0.777. The number of H-pyrrole nitrogens is 1. The van der Waals surface area contributed by atoms with Gasteiger partial charge in [0.1, 0.15) is 0 Å². The number of aromatic amines is 1. The number of sulfonamides is 1. The quantitative estimate of drug-likeness (QED) is 0.509. The van der Waals surface area contributed by atoms with E-state index in [1.807, 2.05) is 6.07 Å². The van der Waals surface area contributed by atoms with Gasteiger partial charge in [-0.15, -0.1) is 0 Å². The Balaban J connectivity index is 1.48. The predicted molar refractivity (Wildman–Crippen MR) is 104 cm³/mol. The number of carbonyl (C=O) groups is 1. The molecule has 0 saturated carbocycles. The van der Waals surface area contributed by atoms with Gasteiger partial charge in [0.15, 0.2) is 0 Å². The normalized spacial score (nSPS) is 15.5. The number of nitro benzene ring substituents is 1. The highest BCUT2D eigenvalue weighted by Gasteiger charge is 2.31. The fourth-order valence-corrected chi connectivity index (χ4v) is 4.76. The summed E-state index contributed by atoms with van der Waals surface area (Å²) in [5.74, 6) is -0.188. The summed E-state index contributed by atoms with van der Waals surface area (Å²) in [7, 11) is -3.79. The molecule has 0 bridgehead atoms. The number of hydrogen-bond donors (Lipinski definition) is 1. The summed E-state index contributed by atoms with van der Waals surface area (Å²) >= 11 is 0. The largest absolute Gasteiger partial charge is 0.336 e. The van der Waals surface area contributed by atoms with Gasteiger partial charge in [-0.25, -0.2) is 8.42 Å². The number of hydrogen-bond acceptors (Lipinski definition) is 6. The van der Waals surface area contributed by atoms with Crippen LogP contribution in [-0.4, -0.2) is 64.8 Å². The molecule has 4 rings (SSSR count). The second-order valence-corrected chi connectivity index (χ2v) is 8.53. The first kappa shape index (κ1) is 19.0. The first-order valence-corrected chi connectivity index (χ1v) is 10.3. The molecule has 1 N–H and O–H groups in total. The highest BCUT2D eigenvalue weighted by Crippen LogP contribution is 2.22. The second kappa shape index (κ2) is 7.26. The van der Waals surface area contributed by atoms with Crippen LogP contribution < -0.4 is 0 Å². The number of fused-ring (bicyclic) bond motifs is 1. The number of benzene rings is 2. The van der Waals surface area contributed by atoms with Crippen molar-refractivity contribution in [2.24, 2.45) is 0 Å². The fraction of sp³-hybridized carbons (Fsp3) is 0.222. The van der Waals surface area contributed by atoms with Crippen LogP contribution in [0.15, 0.2) is 53.6 Å². The minimum atomic E-state index is -3.79. The molecule has 150 valence electrons. The van der Waals surface area contributed by atoms with E-state index in [1.54, 1.807) is 23.2 Å². The zero-order valence-corrected chi connectivity index (χ0v) is 16.0. The number of aromatic nitrogens is 2. The molecule has 11 heteroatoms. The lowest BCUT2D eigenvalue weighted by Gasteiger charge is -2.34. The summed E-state index contributed by atoms with van der Waals surface area (Å²) in [6.07, 6.45) is 1.64. The van der Waals surface area contributed by atoms with Crippen LogP contribution in [0.2, 0.25) is 0 Å². The van der Waals surface area contributed by atoms with E-state index < -0.39 is 14.9 Å². The maximum Gasteiger partial charge on any atom is 0.269 e. The van der Waals surface area contributed by atoms with Crippen molar-refractivity contribution in [1.29, 1.82) is 0 Å². The van der Waals surface area contributed by atoms with Gasteiger partial charge in [0, 0.05) is 43.7 Å². The fourth-order valence-electron chi connectivity index (χ4n) is 3.34. The lowest BCUT2D eigenvalue weighted by molar-refractivity contribution is -0.384. The Morgan fingerprint density at radius 3 is 2.41 bits per heavy atom. The van der Waals surface area contributed by atoms with Crippen molar-refractivity contribution >= 4 is 32.5 Å². The van der Waals surface area contributed by atoms with E-state index in [0.29, 0.717) is 11.1 Å². The van der Waals surface area contributed by atoms with Gasteiger partial charge in [-0.05, 0) is 18.2 Å². The molecule has 2 aromatic carbocycles. The summed E-state index contributed by atoms with van der Waals surface area (Å²) in [4.78, 5) is 24.6. The van der Waals surface area contributed by atoms with E-state index >= 15 is 0 Å². The Labute approximate surface area is 165 Å². The van der Waals surface area contributed by atoms with Crippen LogP contribution in [0, 0.1) is 10.1 Å². The Morgan fingerprint density at radius 1 is 1.07 bits per heavy atom. The molecule has 3 aromatic rings. The van der Waals surface area contributed by atoms with Crippen LogP contribution in [0.4, 0.5) is 5.69 Å². The van der Waals surface area contributed by atoms with Crippen molar-refractivity contribution in [2.45, 2.75) is 4.90 Å². The van der Waals surface area contributed by atoms with Crippen molar-refractivity contribution in [2.75, 3.05) is 26.2 Å². The SMILES string of the molecule is O=C(c1cccc2cn[nH]c12)N1CCN(S(=O)(=O)c2ccc([N+](=O)[O-])cc2)CC1. The zero-order valence-electron chi connectivity index (χ0n) is 15.2. The monoisotopic (exact) mass is 415 g/mol. The molecule has 1 aromatic heterocycles. The van der Waals surface area contributed by atoms with Crippen molar-refractivity contribution in [3.63, 3.8) is 0 Å². The third kappa shape index (κ3) is 3.45. The number of nitrogens with zero attached hydrogens (tertiary/aromatic N) is 4. The summed E-state index contributed by atoms with van der Waals surface area (Å²) in [5, 5.41) is 18.4. The average molecular weight is 415 g/mol. The average Bonchev–Trinajstić information content (AvgIpc) is 3.22. The van der Waals surface area contributed by atoms with Crippen LogP contribution in [0.1, 0.15) is 10.4 Å². The minimum Gasteiger partial charge on any atom is -0.336 e. The zero-order chi connectivity index (χ0) is 20.6. The summed E-state index contributed by atoms with van der Waals surface area (Å²) in [5.41, 5.74) is 0.970. The van der Waals surface area contributed by atoms with Gasteiger partial charge in [0.05, 0.1) is 27.1 Å². The van der Waals surface area contributed by atoms with Crippen molar-refractivity contribution in [1.82, 2.24) is 19.4 Å². The van der Waals surface area contributed by atoms with Crippen LogP contribution in [0.3, 0.4) is 0 Å². The first-order chi connectivity index (χ1) is 13.9. The van der Waals surface area contributed by atoms with Crippen molar-refractivity contribution in [3.8, 4) is 0 Å². The molecule has 0 unspecified atom stereocenters. The van der Waals surface area contributed by atoms with E-state index in [1.165, 1.54) is 16.4 Å². The molecule has 1 aliphatic rings. The van der Waals surface area contributed by atoms with E-state index in [-0.39, 0.29) is 42.7 Å². The Hall–Kier alpha value is -3.31. The molecule has 0 radical (unpaired) electrons. The Morgan fingerprint density at radius 2 is 1.76 bits per heavy atom. The standard InChI is InChI=1S/C18H17N5O5S/c24-18(16-3-1-2-13-12-19-20-17(13)16)21-8-10-22(11-9-21)29(27,28)15-6-4-14(5-7-15)23(25)26/h1-7,12H,8-11H2,(H,19,20). The molecule has 2 heterocycles. The Kier molecular flexibility index (Phi) is 4.76. The van der Waals surface area contributed by atoms with E-state index in [9.17, 15) is 23.3 Å². The van der Waals surface area contributed by atoms with Gasteiger partial charge in [-0.3, -0.25) is 20.0 Å². The van der Waals surface area contributed by atoms with E-state index in [2.05, 4.69) is 10.2 Å². The van der Waals surface area contributed by atoms with Gasteiger partial charge in [0.25, 0.3) is 11.6 Å². The van der Waals surface area contributed by atoms with Gasteiger partial charge in [-0.2, -0.15) is 9.40 Å². The molecule has 10 nitrogen and oxygen atoms in total. The van der Waals surface area contributed by atoms with Crippen molar-refractivity contribution in [3.05, 3.63) is 64.3 Å². The lowest BCUT2D eigenvalue weighted by atomic mass is 10.1. The number of nitrogens with one attached hydrogen (secondary N) is 1. The molecule has 0 spiro atoms. The van der Waals surface area contributed by atoms with E-state index in [0.717, 1.165) is 17.5 Å². The topological polar surface area (TPSA) is 130 Å². The maximum atomic E-state index is 12.9. The first-order valence-electron chi connectivity index (χ1n) is 8.84. The smallest absolute Gasteiger partial charge is 0.269 e. The second-order valence-electron chi connectivity index (χ2n) is 6.59. The molecule has 0 atom stereocenters. The highest BCUT2D eigenvalue weighted by molar-refractivity contribution is 7.89. The third-order valence-corrected chi connectivity index (χ3v) is 6.83. The number of carbonyl (C=O) groups excluding carboxylic acids is 1. The molecule has 1 saturated heterocycles. The molecule has 29 heavy (non-hydrogen) atoms. The highest BCUT2D eigenvalue weighted by atomic mass is 32.2. The number of piperazine rings is 1. The van der Waals surface area contributed by atoms with Crippen LogP contribution >= 0.6 is 0 Å². The molecule has 1 aliphatic heterocycles. The maximum absolute atomic E-state index is 12.9. The van der Waals surface area contributed by atoms with E-state index in [4.69, 9.17) is 0 Å². The minimum absolute atomic E-state index is 0.00916. The number of nitro groups is 1. The predicted octanol–water partition coefficient (Wildman–Crippen LogP) is 1.62. The number of non-ortho nitro benzene ring substituents is 1. The number of amides is 1. The molecular weight excluding hydrogens is 398 g/mol. The molecule has 1 amide bonds. The molecule has 0 aliphatic carbocycles. The third-order valence-electron chi connectivity index (χ3n) is 4.92. The van der Waals surface area contributed by atoms with Gasteiger partial charge >= 0.3 is 0 Å². The molecule has 1 fully saturated rings. The van der Waals surface area contributed by atoms with Gasteiger partial charge < -0.3 is 4.90 Å². The Bertz CT molecular complexity index is 1180.